The molecule has 0 saturated heterocycles. The van der Waals surface area contributed by atoms with Crippen LogP contribution in [0.2, 0.25) is 0 Å². The van der Waals surface area contributed by atoms with E-state index in [1.807, 2.05) is 5.06 Å². The molecule has 0 aliphatic rings. The number of carbonyl (C=O) groups excluding carboxylic acids is 1. The van der Waals surface area contributed by atoms with Gasteiger partial charge in [0.05, 0.1) is 0 Å². The minimum atomic E-state index is -0.294. The Balaban J connectivity index is 3.96. The van der Waals surface area contributed by atoms with Gasteiger partial charge in [-0.25, -0.2) is 4.79 Å². The highest BCUT2D eigenvalue weighted by Gasteiger charge is 2.11. The van der Waals surface area contributed by atoms with E-state index in [0.29, 0.717) is 5.57 Å². The fourth-order valence-corrected chi connectivity index (χ4v) is 2.18. The van der Waals surface area contributed by atoms with E-state index >= 15 is 0 Å². The fraction of sp³-hybridized carbons (Fsp3) is 0.833. The topological polar surface area (TPSA) is 29.5 Å². The molecule has 21 heavy (non-hydrogen) atoms. The van der Waals surface area contributed by atoms with Gasteiger partial charge in [-0.15, -0.1) is 5.06 Å². The van der Waals surface area contributed by atoms with E-state index in [9.17, 15) is 4.79 Å². The summed E-state index contributed by atoms with van der Waals surface area (Å²) < 4.78 is 0. The average Bonchev–Trinajstić information content (AvgIpc) is 2.46. The summed E-state index contributed by atoms with van der Waals surface area (Å²) in [6, 6.07) is 0. The van der Waals surface area contributed by atoms with Gasteiger partial charge in [-0.2, -0.15) is 0 Å². The van der Waals surface area contributed by atoms with Gasteiger partial charge < -0.3 is 4.84 Å². The van der Waals surface area contributed by atoms with Crippen molar-refractivity contribution in [2.24, 2.45) is 0 Å². The molecule has 0 aromatic heterocycles. The monoisotopic (exact) mass is 297 g/mol. The Labute approximate surface area is 131 Å². The molecule has 124 valence electrons. The molecule has 3 heteroatoms. The lowest BCUT2D eigenvalue weighted by Gasteiger charge is -2.21. The van der Waals surface area contributed by atoms with Gasteiger partial charge in [0.1, 0.15) is 0 Å². The van der Waals surface area contributed by atoms with Crippen LogP contribution in [0.25, 0.3) is 0 Å². The molecule has 0 saturated carbocycles. The lowest BCUT2D eigenvalue weighted by molar-refractivity contribution is -0.186. The van der Waals surface area contributed by atoms with Gasteiger partial charge in [-0.3, -0.25) is 0 Å². The number of hydroxylamine groups is 2. The molecule has 0 rings (SSSR count). The summed E-state index contributed by atoms with van der Waals surface area (Å²) >= 11 is 0. The lowest BCUT2D eigenvalue weighted by Crippen LogP contribution is -2.29. The lowest BCUT2D eigenvalue weighted by atomic mass is 10.1. The molecule has 0 spiro atoms. The highest BCUT2D eigenvalue weighted by atomic mass is 16.7. The van der Waals surface area contributed by atoms with Gasteiger partial charge in [0.25, 0.3) is 0 Å². The summed E-state index contributed by atoms with van der Waals surface area (Å²) in [6.45, 7) is 11.5. The molecule has 0 aliphatic carbocycles. The van der Waals surface area contributed by atoms with Crippen LogP contribution in [-0.4, -0.2) is 24.1 Å². The van der Waals surface area contributed by atoms with E-state index in [1.54, 1.807) is 6.92 Å². The van der Waals surface area contributed by atoms with Crippen molar-refractivity contribution in [2.75, 3.05) is 13.1 Å². The number of rotatable bonds is 14. The Kier molecular flexibility index (Phi) is 13.6. The zero-order valence-corrected chi connectivity index (χ0v) is 14.5. The van der Waals surface area contributed by atoms with Gasteiger partial charge in [-0.05, 0) is 19.8 Å². The van der Waals surface area contributed by atoms with Crippen LogP contribution >= 0.6 is 0 Å². The van der Waals surface area contributed by atoms with E-state index in [1.165, 1.54) is 51.4 Å². The number of nitrogens with zero attached hydrogens (tertiary/aromatic N) is 1. The van der Waals surface area contributed by atoms with Crippen molar-refractivity contribution in [3.05, 3.63) is 12.2 Å². The van der Waals surface area contributed by atoms with Crippen LogP contribution in [-0.2, 0) is 9.63 Å². The van der Waals surface area contributed by atoms with Crippen molar-refractivity contribution >= 4 is 5.97 Å². The molecule has 0 radical (unpaired) electrons. The summed E-state index contributed by atoms with van der Waals surface area (Å²) in [5.41, 5.74) is 0.469. The van der Waals surface area contributed by atoms with E-state index in [2.05, 4.69) is 20.4 Å². The first-order chi connectivity index (χ1) is 10.1. The first-order valence-corrected chi connectivity index (χ1v) is 8.74. The summed E-state index contributed by atoms with van der Waals surface area (Å²) in [6.07, 6.45) is 12.3. The number of hydrogen-bond acceptors (Lipinski definition) is 3. The quantitative estimate of drug-likeness (QED) is 0.249. The molecule has 0 unspecified atom stereocenters. The fourth-order valence-electron chi connectivity index (χ4n) is 2.18. The van der Waals surface area contributed by atoms with Crippen molar-refractivity contribution in [3.63, 3.8) is 0 Å². The van der Waals surface area contributed by atoms with E-state index < -0.39 is 0 Å². The highest BCUT2D eigenvalue weighted by molar-refractivity contribution is 5.86. The summed E-state index contributed by atoms with van der Waals surface area (Å²) in [5, 5.41) is 1.84. The molecule has 0 amide bonds. The van der Waals surface area contributed by atoms with Gasteiger partial charge in [0.15, 0.2) is 0 Å². The normalized spacial score (nSPS) is 10.9. The Morgan fingerprint density at radius 2 is 1.29 bits per heavy atom. The molecule has 3 nitrogen and oxygen atoms in total. The van der Waals surface area contributed by atoms with Gasteiger partial charge in [0.2, 0.25) is 0 Å². The second-order valence-corrected chi connectivity index (χ2v) is 5.92. The molecular weight excluding hydrogens is 262 g/mol. The standard InChI is InChI=1S/C18H35NO2/c1-5-7-9-11-13-15-19(21-18(20)17(3)4)16-14-12-10-8-6-2/h3,5-16H2,1-2,4H3. The maximum atomic E-state index is 11.7. The molecule has 0 heterocycles. The first kappa shape index (κ1) is 20.2. The Hall–Kier alpha value is -0.830. The van der Waals surface area contributed by atoms with Crippen LogP contribution in [0.4, 0.5) is 0 Å². The third-order valence-electron chi connectivity index (χ3n) is 3.58. The van der Waals surface area contributed by atoms with Crippen LogP contribution in [0.15, 0.2) is 12.2 Å². The van der Waals surface area contributed by atoms with Crippen LogP contribution in [0, 0.1) is 0 Å². The van der Waals surface area contributed by atoms with Crippen molar-refractivity contribution in [1.29, 1.82) is 0 Å². The third-order valence-corrected chi connectivity index (χ3v) is 3.58. The second-order valence-electron chi connectivity index (χ2n) is 5.92. The molecule has 0 bridgehead atoms. The smallest absolute Gasteiger partial charge is 0.352 e. The largest absolute Gasteiger partial charge is 0.364 e. The summed E-state index contributed by atoms with van der Waals surface area (Å²) in [7, 11) is 0. The number of unbranched alkanes of at least 4 members (excludes halogenated alkanes) is 8. The second kappa shape index (κ2) is 14.1. The minimum Gasteiger partial charge on any atom is -0.364 e. The minimum absolute atomic E-state index is 0.294. The average molecular weight is 297 g/mol. The van der Waals surface area contributed by atoms with Crippen molar-refractivity contribution in [1.82, 2.24) is 5.06 Å². The van der Waals surface area contributed by atoms with Crippen LogP contribution in [0.1, 0.15) is 85.0 Å². The zero-order chi connectivity index (χ0) is 15.9. The van der Waals surface area contributed by atoms with Crippen molar-refractivity contribution in [3.8, 4) is 0 Å². The first-order valence-electron chi connectivity index (χ1n) is 8.74. The Morgan fingerprint density at radius 3 is 1.67 bits per heavy atom. The highest BCUT2D eigenvalue weighted by Crippen LogP contribution is 2.09. The summed E-state index contributed by atoms with van der Waals surface area (Å²) in [4.78, 5) is 17.1. The van der Waals surface area contributed by atoms with Crippen LogP contribution in [0.3, 0.4) is 0 Å². The maximum Gasteiger partial charge on any atom is 0.352 e. The molecule has 0 fully saturated rings. The molecule has 0 N–H and O–H groups in total. The molecule has 0 aromatic rings. The van der Waals surface area contributed by atoms with E-state index in [0.717, 1.165) is 25.9 Å². The molecular formula is C18H35NO2. The van der Waals surface area contributed by atoms with Gasteiger partial charge in [0, 0.05) is 18.7 Å². The Bertz CT molecular complexity index is 262. The van der Waals surface area contributed by atoms with Crippen molar-refractivity contribution in [2.45, 2.75) is 85.0 Å². The summed E-state index contributed by atoms with van der Waals surface area (Å²) in [5.74, 6) is -0.294. The maximum absolute atomic E-state index is 11.7. The molecule has 0 aromatic carbocycles. The predicted octanol–water partition coefficient (Wildman–Crippen LogP) is 5.26. The third kappa shape index (κ3) is 12.6. The zero-order valence-electron chi connectivity index (χ0n) is 14.5. The van der Waals surface area contributed by atoms with Gasteiger partial charge >= 0.3 is 5.97 Å². The van der Waals surface area contributed by atoms with E-state index in [4.69, 9.17) is 4.84 Å². The number of carbonyl (C=O) groups is 1. The van der Waals surface area contributed by atoms with Gasteiger partial charge in [-0.1, -0.05) is 71.8 Å². The molecule has 0 aliphatic heterocycles. The predicted molar refractivity (Wildman–Crippen MR) is 90.0 cm³/mol. The SMILES string of the molecule is C=C(C)C(=O)ON(CCCCCCC)CCCCCCC. The van der Waals surface area contributed by atoms with Crippen LogP contribution in [0.5, 0.6) is 0 Å². The van der Waals surface area contributed by atoms with Crippen molar-refractivity contribution < 1.29 is 9.63 Å². The van der Waals surface area contributed by atoms with E-state index in [-0.39, 0.29) is 5.97 Å². The number of hydrogen-bond donors (Lipinski definition) is 0. The molecule has 0 atom stereocenters. The van der Waals surface area contributed by atoms with Crippen LogP contribution < -0.4 is 0 Å². The Morgan fingerprint density at radius 1 is 0.857 bits per heavy atom.